The number of benzene rings is 1. The number of aryl methyl sites for hydroxylation is 2. The maximum atomic E-state index is 12.3. The Kier molecular flexibility index (Phi) is 3.75. The lowest BCUT2D eigenvalue weighted by atomic mass is 10.2. The fourth-order valence-electron chi connectivity index (χ4n) is 2.33. The first-order valence-electron chi connectivity index (χ1n) is 6.68. The Morgan fingerprint density at radius 1 is 1.29 bits per heavy atom. The molecule has 0 unspecified atom stereocenters. The predicted molar refractivity (Wildman–Crippen MR) is 84.9 cm³/mol. The molecule has 106 valence electrons. The second-order valence-electron chi connectivity index (χ2n) is 4.94. The highest BCUT2D eigenvalue weighted by Crippen LogP contribution is 2.25. The summed E-state index contributed by atoms with van der Waals surface area (Å²) >= 11 is 1.43. The van der Waals surface area contributed by atoms with Crippen LogP contribution in [0.5, 0.6) is 0 Å². The summed E-state index contributed by atoms with van der Waals surface area (Å²) in [6.07, 6.45) is 1.74. The van der Waals surface area contributed by atoms with Crippen molar-refractivity contribution in [3.63, 3.8) is 0 Å². The third-order valence-corrected chi connectivity index (χ3v) is 4.31. The number of aromatic amines is 1. The van der Waals surface area contributed by atoms with Crippen LogP contribution >= 0.6 is 11.8 Å². The number of ketones is 1. The van der Waals surface area contributed by atoms with Gasteiger partial charge in [0.1, 0.15) is 5.03 Å². The van der Waals surface area contributed by atoms with E-state index in [4.69, 9.17) is 0 Å². The van der Waals surface area contributed by atoms with E-state index in [9.17, 15) is 4.79 Å². The van der Waals surface area contributed by atoms with Crippen LogP contribution < -0.4 is 0 Å². The maximum Gasteiger partial charge on any atom is 0.174 e. The van der Waals surface area contributed by atoms with E-state index in [1.54, 1.807) is 6.20 Å². The fraction of sp³-hybridized carbons (Fsp3) is 0.188. The van der Waals surface area contributed by atoms with Crippen LogP contribution in [0.3, 0.4) is 0 Å². The quantitative estimate of drug-likeness (QED) is 0.591. The largest absolute Gasteiger partial charge is 0.362 e. The van der Waals surface area contributed by atoms with Crippen molar-refractivity contribution < 1.29 is 4.79 Å². The topological polar surface area (TPSA) is 58.6 Å². The van der Waals surface area contributed by atoms with Crippen LogP contribution in [0.15, 0.2) is 41.6 Å². The van der Waals surface area contributed by atoms with Gasteiger partial charge in [-0.3, -0.25) is 4.79 Å². The van der Waals surface area contributed by atoms with Crippen LogP contribution in [0.4, 0.5) is 0 Å². The molecule has 3 rings (SSSR count). The first-order chi connectivity index (χ1) is 10.1. The second kappa shape index (κ2) is 5.69. The molecule has 3 aromatic rings. The minimum atomic E-state index is 0.108. The smallest absolute Gasteiger partial charge is 0.174 e. The van der Waals surface area contributed by atoms with Crippen molar-refractivity contribution in [2.24, 2.45) is 0 Å². The van der Waals surface area contributed by atoms with E-state index >= 15 is 0 Å². The Balaban J connectivity index is 1.81. The molecule has 0 aliphatic rings. The number of nitrogens with zero attached hydrogens (tertiary/aromatic N) is 2. The van der Waals surface area contributed by atoms with Crippen molar-refractivity contribution in [2.75, 3.05) is 5.75 Å². The molecule has 1 aromatic carbocycles. The molecule has 21 heavy (non-hydrogen) atoms. The molecule has 0 saturated carbocycles. The van der Waals surface area contributed by atoms with Crippen molar-refractivity contribution in [2.45, 2.75) is 18.9 Å². The first kappa shape index (κ1) is 13.8. The number of rotatable bonds is 4. The standard InChI is InChI=1S/C16H15N3OS/c1-10-7-14(11(2)18-10)15(20)9-21-16-13-6-4-3-5-12(13)8-17-19-16/h3-8,18H,9H2,1-2H3. The van der Waals surface area contributed by atoms with Crippen molar-refractivity contribution in [1.29, 1.82) is 0 Å². The summed E-state index contributed by atoms with van der Waals surface area (Å²) in [6, 6.07) is 9.83. The van der Waals surface area contributed by atoms with E-state index in [1.165, 1.54) is 11.8 Å². The predicted octanol–water partition coefficient (Wildman–Crippen LogP) is 3.55. The SMILES string of the molecule is Cc1cc(C(=O)CSc2nncc3ccccc23)c(C)[nH]1. The molecule has 0 aliphatic heterocycles. The number of H-pyrrole nitrogens is 1. The van der Waals surface area contributed by atoms with Gasteiger partial charge in [-0.2, -0.15) is 5.10 Å². The van der Waals surface area contributed by atoms with E-state index in [1.807, 2.05) is 44.2 Å². The lowest BCUT2D eigenvalue weighted by Gasteiger charge is -2.03. The number of Topliss-reactive ketones (excluding diaryl/α,β-unsaturated/α-hetero) is 1. The number of fused-ring (bicyclic) bond motifs is 1. The summed E-state index contributed by atoms with van der Waals surface area (Å²) in [4.78, 5) is 15.5. The zero-order valence-electron chi connectivity index (χ0n) is 11.9. The molecule has 2 aromatic heterocycles. The average Bonchev–Trinajstić information content (AvgIpc) is 2.83. The molecule has 0 atom stereocenters. The monoisotopic (exact) mass is 297 g/mol. The lowest BCUT2D eigenvalue weighted by Crippen LogP contribution is -2.03. The van der Waals surface area contributed by atoms with Gasteiger partial charge in [-0.15, -0.1) is 5.10 Å². The summed E-state index contributed by atoms with van der Waals surface area (Å²) in [7, 11) is 0. The van der Waals surface area contributed by atoms with Crippen molar-refractivity contribution in [3.8, 4) is 0 Å². The molecule has 0 amide bonds. The summed E-state index contributed by atoms with van der Waals surface area (Å²) < 4.78 is 0. The number of nitrogens with one attached hydrogen (secondary N) is 1. The summed E-state index contributed by atoms with van der Waals surface area (Å²) in [6.45, 7) is 3.87. The number of hydrogen-bond donors (Lipinski definition) is 1. The van der Waals surface area contributed by atoms with Gasteiger partial charge in [-0.1, -0.05) is 36.0 Å². The highest BCUT2D eigenvalue weighted by atomic mass is 32.2. The molecule has 0 radical (unpaired) electrons. The van der Waals surface area contributed by atoms with Gasteiger partial charge in [0.05, 0.1) is 11.9 Å². The number of hydrogen-bond acceptors (Lipinski definition) is 4. The van der Waals surface area contributed by atoms with Crippen LogP contribution in [0.2, 0.25) is 0 Å². The highest BCUT2D eigenvalue weighted by Gasteiger charge is 2.13. The second-order valence-corrected chi connectivity index (χ2v) is 5.90. The Morgan fingerprint density at radius 2 is 2.10 bits per heavy atom. The van der Waals surface area contributed by atoms with Gasteiger partial charge < -0.3 is 4.98 Å². The zero-order valence-corrected chi connectivity index (χ0v) is 12.7. The molecular weight excluding hydrogens is 282 g/mol. The van der Waals surface area contributed by atoms with Crippen LogP contribution in [-0.4, -0.2) is 26.7 Å². The molecule has 0 fully saturated rings. The molecule has 0 bridgehead atoms. The van der Waals surface area contributed by atoms with Gasteiger partial charge in [-0.25, -0.2) is 0 Å². The molecule has 0 aliphatic carbocycles. The molecule has 5 heteroatoms. The molecule has 4 nitrogen and oxygen atoms in total. The van der Waals surface area contributed by atoms with Crippen LogP contribution in [-0.2, 0) is 0 Å². The van der Waals surface area contributed by atoms with Gasteiger partial charge in [0.2, 0.25) is 0 Å². The highest BCUT2D eigenvalue weighted by molar-refractivity contribution is 8.00. The summed E-state index contributed by atoms with van der Waals surface area (Å²) in [5.74, 6) is 0.470. The fourth-order valence-corrected chi connectivity index (χ4v) is 3.20. The van der Waals surface area contributed by atoms with Gasteiger partial charge in [0, 0.05) is 27.7 Å². The van der Waals surface area contributed by atoms with E-state index in [2.05, 4.69) is 15.2 Å². The lowest BCUT2D eigenvalue weighted by molar-refractivity contribution is 0.102. The molecule has 1 N–H and O–H groups in total. The number of aromatic nitrogens is 3. The summed E-state index contributed by atoms with van der Waals surface area (Å²) in [5, 5.41) is 11.0. The van der Waals surface area contributed by atoms with E-state index in [-0.39, 0.29) is 5.78 Å². The number of carbonyl (C=O) groups is 1. The van der Waals surface area contributed by atoms with Gasteiger partial charge >= 0.3 is 0 Å². The molecule has 2 heterocycles. The van der Waals surface area contributed by atoms with Crippen molar-refractivity contribution >= 4 is 28.3 Å². The molecular formula is C16H15N3OS. The van der Waals surface area contributed by atoms with Crippen LogP contribution in [0.1, 0.15) is 21.7 Å². The van der Waals surface area contributed by atoms with Gasteiger partial charge in [0.15, 0.2) is 5.78 Å². The zero-order chi connectivity index (χ0) is 14.8. The van der Waals surface area contributed by atoms with Crippen LogP contribution in [0.25, 0.3) is 10.8 Å². The summed E-state index contributed by atoms with van der Waals surface area (Å²) in [5.41, 5.74) is 2.68. The van der Waals surface area contributed by atoms with Crippen molar-refractivity contribution in [1.82, 2.24) is 15.2 Å². The van der Waals surface area contributed by atoms with Crippen molar-refractivity contribution in [3.05, 3.63) is 53.5 Å². The minimum absolute atomic E-state index is 0.108. The Hall–Kier alpha value is -2.14. The molecule has 0 spiro atoms. The average molecular weight is 297 g/mol. The Labute approximate surface area is 127 Å². The minimum Gasteiger partial charge on any atom is -0.362 e. The van der Waals surface area contributed by atoms with Gasteiger partial charge in [0.25, 0.3) is 0 Å². The first-order valence-corrected chi connectivity index (χ1v) is 7.66. The van der Waals surface area contributed by atoms with E-state index in [0.717, 1.165) is 32.7 Å². The van der Waals surface area contributed by atoms with E-state index in [0.29, 0.717) is 5.75 Å². The number of thioether (sulfide) groups is 1. The third-order valence-electron chi connectivity index (χ3n) is 3.33. The number of carbonyl (C=O) groups excluding carboxylic acids is 1. The maximum absolute atomic E-state index is 12.3. The Bertz CT molecular complexity index is 805. The van der Waals surface area contributed by atoms with Crippen LogP contribution in [0, 0.1) is 13.8 Å². The molecule has 0 saturated heterocycles. The van der Waals surface area contributed by atoms with Gasteiger partial charge in [-0.05, 0) is 19.9 Å². The van der Waals surface area contributed by atoms with E-state index < -0.39 is 0 Å². The normalized spacial score (nSPS) is 11.0. The third kappa shape index (κ3) is 2.83. The Morgan fingerprint density at radius 3 is 2.86 bits per heavy atom.